The Morgan fingerprint density at radius 1 is 1.26 bits per heavy atom. The average Bonchev–Trinajstić information content (AvgIpc) is 2.79. The van der Waals surface area contributed by atoms with E-state index >= 15 is 0 Å². The van der Waals surface area contributed by atoms with E-state index in [9.17, 15) is 21.9 Å². The molecule has 3 N–H and O–H groups in total. The lowest BCUT2D eigenvalue weighted by atomic mass is 9.80. The van der Waals surface area contributed by atoms with Crippen molar-refractivity contribution < 1.29 is 26.7 Å². The van der Waals surface area contributed by atoms with Crippen LogP contribution in [0.25, 0.3) is 0 Å². The zero-order valence-electron chi connectivity index (χ0n) is 18.6. The SMILES string of the molecule is COc1cc(Nc2ccc(F)cc2)c(C=N)cc1C1CN(S(=O)O)CCN1CC1CC(F)(F)C1. The van der Waals surface area contributed by atoms with Crippen molar-refractivity contribution in [3.63, 3.8) is 0 Å². The third-order valence-electron chi connectivity index (χ3n) is 6.38. The topological polar surface area (TPSA) is 88.9 Å². The number of anilines is 2. The van der Waals surface area contributed by atoms with Gasteiger partial charge in [0, 0.05) is 68.1 Å². The van der Waals surface area contributed by atoms with Gasteiger partial charge < -0.3 is 15.5 Å². The van der Waals surface area contributed by atoms with E-state index in [1.807, 2.05) is 0 Å². The summed E-state index contributed by atoms with van der Waals surface area (Å²) in [6, 6.07) is 8.92. The van der Waals surface area contributed by atoms with Crippen molar-refractivity contribution in [2.75, 3.05) is 38.6 Å². The molecule has 2 aromatic rings. The van der Waals surface area contributed by atoms with Gasteiger partial charge in [0.1, 0.15) is 11.6 Å². The molecule has 1 saturated heterocycles. The van der Waals surface area contributed by atoms with Gasteiger partial charge in [0.05, 0.1) is 18.8 Å². The molecule has 2 fully saturated rings. The Morgan fingerprint density at radius 3 is 2.56 bits per heavy atom. The van der Waals surface area contributed by atoms with Crippen LogP contribution in [0.15, 0.2) is 36.4 Å². The molecule has 1 heterocycles. The minimum atomic E-state index is -2.62. The maximum absolute atomic E-state index is 13.4. The number of benzene rings is 2. The number of hydrogen-bond donors (Lipinski definition) is 3. The van der Waals surface area contributed by atoms with E-state index in [2.05, 4.69) is 10.2 Å². The van der Waals surface area contributed by atoms with Crippen LogP contribution in [0, 0.1) is 17.1 Å². The highest BCUT2D eigenvalue weighted by Crippen LogP contribution is 2.44. The summed E-state index contributed by atoms with van der Waals surface area (Å²) in [5.74, 6) is -2.63. The number of nitrogens with zero attached hydrogens (tertiary/aromatic N) is 2. The molecule has 0 aromatic heterocycles. The van der Waals surface area contributed by atoms with Gasteiger partial charge in [-0.25, -0.2) is 17.4 Å². The standard InChI is InChI=1S/C23H27F3N4O3S/c1-33-22-9-20(28-18-4-2-17(24)3-5-18)16(12-27)8-19(22)21-14-30(34(31)32)7-6-29(21)13-15-10-23(25,26)11-15/h2-5,8-9,12,15,21,27-28H,6-7,10-11,13-14H2,1H3,(H,31,32). The van der Waals surface area contributed by atoms with Gasteiger partial charge in [-0.05, 0) is 36.2 Å². The summed E-state index contributed by atoms with van der Waals surface area (Å²) in [4.78, 5) is 2.06. The Labute approximate surface area is 198 Å². The monoisotopic (exact) mass is 496 g/mol. The lowest BCUT2D eigenvalue weighted by molar-refractivity contribution is -0.120. The predicted octanol–water partition coefficient (Wildman–Crippen LogP) is 4.42. The molecular formula is C23H27F3N4O3S. The lowest BCUT2D eigenvalue weighted by Gasteiger charge is -2.45. The summed E-state index contributed by atoms with van der Waals surface area (Å²) in [7, 11) is 1.51. The molecule has 0 radical (unpaired) electrons. The minimum Gasteiger partial charge on any atom is -0.496 e. The van der Waals surface area contributed by atoms with Crippen LogP contribution >= 0.6 is 0 Å². The molecule has 1 aliphatic carbocycles. The van der Waals surface area contributed by atoms with Crippen molar-refractivity contribution in [3.05, 3.63) is 53.3 Å². The van der Waals surface area contributed by atoms with E-state index < -0.39 is 17.2 Å². The molecule has 2 unspecified atom stereocenters. The predicted molar refractivity (Wildman–Crippen MR) is 125 cm³/mol. The zero-order valence-corrected chi connectivity index (χ0v) is 19.5. The molecule has 1 aliphatic heterocycles. The van der Waals surface area contributed by atoms with Crippen LogP contribution in [-0.2, 0) is 11.3 Å². The summed E-state index contributed by atoms with van der Waals surface area (Å²) in [6.07, 6.45) is 0.862. The van der Waals surface area contributed by atoms with Crippen LogP contribution < -0.4 is 10.1 Å². The fourth-order valence-corrected chi connectivity index (χ4v) is 5.17. The van der Waals surface area contributed by atoms with Gasteiger partial charge in [-0.1, -0.05) is 0 Å². The average molecular weight is 497 g/mol. The number of ether oxygens (including phenoxy) is 1. The van der Waals surface area contributed by atoms with Crippen LogP contribution in [0.2, 0.25) is 0 Å². The lowest BCUT2D eigenvalue weighted by Crippen LogP contribution is -2.52. The van der Waals surface area contributed by atoms with E-state index in [-0.39, 0.29) is 37.2 Å². The first kappa shape index (κ1) is 24.6. The largest absolute Gasteiger partial charge is 0.496 e. The molecule has 0 spiro atoms. The summed E-state index contributed by atoms with van der Waals surface area (Å²) in [5.41, 5.74) is 2.45. The van der Waals surface area contributed by atoms with Gasteiger partial charge in [-0.2, -0.15) is 4.31 Å². The van der Waals surface area contributed by atoms with E-state index in [0.717, 1.165) is 0 Å². The first-order valence-corrected chi connectivity index (χ1v) is 12.0. The number of piperazine rings is 1. The number of nitrogens with one attached hydrogen (secondary N) is 2. The Morgan fingerprint density at radius 2 is 1.97 bits per heavy atom. The number of hydrogen-bond acceptors (Lipinski definition) is 5. The van der Waals surface area contributed by atoms with Gasteiger partial charge in [0.15, 0.2) is 0 Å². The summed E-state index contributed by atoms with van der Waals surface area (Å²) in [5, 5.41) is 11.1. The normalized spacial score (nSPS) is 22.1. The molecule has 7 nitrogen and oxygen atoms in total. The molecule has 4 rings (SSSR count). The first-order chi connectivity index (χ1) is 16.2. The molecule has 2 aromatic carbocycles. The van der Waals surface area contributed by atoms with Gasteiger partial charge in [-0.3, -0.25) is 9.45 Å². The Balaban J connectivity index is 1.65. The second-order valence-corrected chi connectivity index (χ2v) is 9.70. The van der Waals surface area contributed by atoms with Gasteiger partial charge in [0.25, 0.3) is 0 Å². The van der Waals surface area contributed by atoms with Gasteiger partial charge in [0.2, 0.25) is 17.2 Å². The Hall–Kier alpha value is -2.47. The minimum absolute atomic E-state index is 0.142. The second-order valence-electron chi connectivity index (χ2n) is 8.72. The fraction of sp³-hybridized carbons (Fsp3) is 0.435. The van der Waals surface area contributed by atoms with Crippen molar-refractivity contribution in [1.82, 2.24) is 9.21 Å². The van der Waals surface area contributed by atoms with Crippen molar-refractivity contribution >= 4 is 28.9 Å². The van der Waals surface area contributed by atoms with Crippen molar-refractivity contribution in [3.8, 4) is 5.75 Å². The van der Waals surface area contributed by atoms with E-state index in [1.165, 1.54) is 29.8 Å². The van der Waals surface area contributed by atoms with Crippen LogP contribution in [-0.4, -0.2) is 63.4 Å². The van der Waals surface area contributed by atoms with Crippen LogP contribution in [0.5, 0.6) is 5.75 Å². The van der Waals surface area contributed by atoms with Crippen LogP contribution in [0.1, 0.15) is 30.0 Å². The van der Waals surface area contributed by atoms with E-state index in [0.29, 0.717) is 47.9 Å². The zero-order chi connectivity index (χ0) is 24.5. The van der Waals surface area contributed by atoms with Crippen molar-refractivity contribution in [2.24, 2.45) is 5.92 Å². The van der Waals surface area contributed by atoms with E-state index in [4.69, 9.17) is 10.1 Å². The van der Waals surface area contributed by atoms with Crippen molar-refractivity contribution in [1.29, 1.82) is 5.41 Å². The van der Waals surface area contributed by atoms with Crippen LogP contribution in [0.4, 0.5) is 24.5 Å². The number of rotatable bonds is 8. The third-order valence-corrected chi connectivity index (χ3v) is 7.16. The second kappa shape index (κ2) is 10.0. The highest BCUT2D eigenvalue weighted by atomic mass is 32.2. The molecule has 2 atom stereocenters. The summed E-state index contributed by atoms with van der Waals surface area (Å²) in [6.45, 7) is 1.44. The van der Waals surface area contributed by atoms with E-state index in [1.54, 1.807) is 24.3 Å². The van der Waals surface area contributed by atoms with Gasteiger partial charge >= 0.3 is 0 Å². The number of methoxy groups -OCH3 is 1. The molecule has 184 valence electrons. The first-order valence-electron chi connectivity index (χ1n) is 10.9. The molecule has 2 aliphatic rings. The highest BCUT2D eigenvalue weighted by molar-refractivity contribution is 7.76. The Bertz CT molecular complexity index is 1060. The molecule has 0 amide bonds. The molecule has 0 bridgehead atoms. The quantitative estimate of drug-likeness (QED) is 0.372. The van der Waals surface area contributed by atoms with Gasteiger partial charge in [-0.15, -0.1) is 0 Å². The third kappa shape index (κ3) is 5.43. The summed E-state index contributed by atoms with van der Waals surface area (Å²) >= 11 is -2.16. The number of halogens is 3. The Kier molecular flexibility index (Phi) is 7.27. The van der Waals surface area contributed by atoms with Crippen LogP contribution in [0.3, 0.4) is 0 Å². The maximum Gasteiger partial charge on any atom is 0.248 e. The smallest absolute Gasteiger partial charge is 0.248 e. The molecule has 1 saturated carbocycles. The number of alkyl halides is 2. The van der Waals surface area contributed by atoms with Crippen molar-refractivity contribution in [2.45, 2.75) is 24.8 Å². The molecule has 11 heteroatoms. The molecular weight excluding hydrogens is 469 g/mol. The highest BCUT2D eigenvalue weighted by Gasteiger charge is 2.46. The maximum atomic E-state index is 13.4. The summed E-state index contributed by atoms with van der Waals surface area (Å²) < 4.78 is 68.6. The molecule has 34 heavy (non-hydrogen) atoms. The fourth-order valence-electron chi connectivity index (χ4n) is 4.66.